The number of amides is 2. The van der Waals surface area contributed by atoms with Gasteiger partial charge in [0.1, 0.15) is 16.8 Å². The van der Waals surface area contributed by atoms with Gasteiger partial charge in [0.2, 0.25) is 11.8 Å². The van der Waals surface area contributed by atoms with E-state index in [0.29, 0.717) is 28.9 Å². The topological polar surface area (TPSA) is 71.0 Å². The van der Waals surface area contributed by atoms with Gasteiger partial charge in [0.15, 0.2) is 5.17 Å². The van der Waals surface area contributed by atoms with Gasteiger partial charge in [0.25, 0.3) is 0 Å². The Morgan fingerprint density at radius 3 is 2.71 bits per heavy atom. The van der Waals surface area contributed by atoms with Gasteiger partial charge < -0.3 is 10.1 Å². The van der Waals surface area contributed by atoms with E-state index in [4.69, 9.17) is 4.74 Å². The fourth-order valence-corrected chi connectivity index (χ4v) is 3.76. The maximum absolute atomic E-state index is 13.0. The molecule has 1 atom stereocenters. The van der Waals surface area contributed by atoms with Gasteiger partial charge in [-0.15, -0.1) is 0 Å². The van der Waals surface area contributed by atoms with Crippen molar-refractivity contribution in [1.82, 2.24) is 0 Å². The Morgan fingerprint density at radius 1 is 1.29 bits per heavy atom. The van der Waals surface area contributed by atoms with Crippen molar-refractivity contribution in [3.05, 3.63) is 54.3 Å². The standard InChI is InChI=1S/C20H20FN3O3S/c1-3-27-16-6-4-5-15(11-16)24-18(25)12-17(19(24)26)28-20(22-2)23-14-9-7-13(21)8-10-14/h4-11,17H,3,12H2,1-2H3,(H,22,23)/t17-/m1/s1. The minimum Gasteiger partial charge on any atom is -0.494 e. The number of carbonyl (C=O) groups is 2. The van der Waals surface area contributed by atoms with Crippen LogP contribution in [0.3, 0.4) is 0 Å². The molecule has 3 rings (SSSR count). The van der Waals surface area contributed by atoms with Crippen molar-refractivity contribution in [2.45, 2.75) is 18.6 Å². The number of rotatable bonds is 5. The third-order valence-electron chi connectivity index (χ3n) is 4.04. The highest BCUT2D eigenvalue weighted by Gasteiger charge is 2.40. The molecule has 2 aromatic rings. The van der Waals surface area contributed by atoms with Crippen molar-refractivity contribution < 1.29 is 18.7 Å². The number of amidine groups is 1. The molecular weight excluding hydrogens is 381 g/mol. The molecule has 0 saturated carbocycles. The van der Waals surface area contributed by atoms with Crippen LogP contribution in [0.25, 0.3) is 0 Å². The molecule has 0 radical (unpaired) electrons. The van der Waals surface area contributed by atoms with Gasteiger partial charge in [-0.2, -0.15) is 0 Å². The number of carbonyl (C=O) groups excluding carboxylic acids is 2. The lowest BCUT2D eigenvalue weighted by atomic mass is 10.3. The summed E-state index contributed by atoms with van der Waals surface area (Å²) in [4.78, 5) is 30.6. The first-order chi connectivity index (χ1) is 13.5. The molecule has 0 aromatic heterocycles. The fourth-order valence-electron chi connectivity index (χ4n) is 2.78. The Kier molecular flexibility index (Phi) is 6.30. The molecule has 0 spiro atoms. The lowest BCUT2D eigenvalue weighted by molar-refractivity contribution is -0.121. The third kappa shape index (κ3) is 4.51. The average Bonchev–Trinajstić information content (AvgIpc) is 2.96. The second-order valence-electron chi connectivity index (χ2n) is 5.97. The van der Waals surface area contributed by atoms with Crippen molar-refractivity contribution in [1.29, 1.82) is 0 Å². The van der Waals surface area contributed by atoms with Crippen LogP contribution in [0.2, 0.25) is 0 Å². The maximum Gasteiger partial charge on any atom is 0.247 e. The van der Waals surface area contributed by atoms with E-state index in [9.17, 15) is 14.0 Å². The molecule has 146 valence electrons. The van der Waals surface area contributed by atoms with E-state index in [2.05, 4.69) is 10.3 Å². The largest absolute Gasteiger partial charge is 0.494 e. The zero-order valence-electron chi connectivity index (χ0n) is 15.5. The second-order valence-corrected chi connectivity index (χ2v) is 7.16. The number of anilines is 2. The van der Waals surface area contributed by atoms with Gasteiger partial charge in [-0.05, 0) is 43.3 Å². The molecule has 1 aliphatic heterocycles. The molecule has 8 heteroatoms. The molecule has 0 aliphatic carbocycles. The van der Waals surface area contributed by atoms with Gasteiger partial charge in [0.05, 0.1) is 12.3 Å². The van der Waals surface area contributed by atoms with E-state index in [0.717, 1.165) is 0 Å². The van der Waals surface area contributed by atoms with E-state index >= 15 is 0 Å². The summed E-state index contributed by atoms with van der Waals surface area (Å²) in [6.07, 6.45) is 0.0759. The minimum absolute atomic E-state index is 0.0759. The van der Waals surface area contributed by atoms with Crippen LogP contribution in [0, 0.1) is 5.82 Å². The number of benzene rings is 2. The molecule has 1 heterocycles. The first-order valence-electron chi connectivity index (χ1n) is 8.77. The molecule has 2 amide bonds. The fraction of sp³-hybridized carbons (Fsp3) is 0.250. The molecule has 0 unspecified atom stereocenters. The summed E-state index contributed by atoms with van der Waals surface area (Å²) in [5.74, 6) is -0.306. The SMILES string of the molecule is CCOc1cccc(N2C(=O)C[C@@H](SC(=NC)Nc3ccc(F)cc3)C2=O)c1. The summed E-state index contributed by atoms with van der Waals surface area (Å²) in [5, 5.41) is 2.93. The Bertz CT molecular complexity index is 902. The zero-order chi connectivity index (χ0) is 20.1. The molecular formula is C20H20FN3O3S. The molecule has 6 nitrogen and oxygen atoms in total. The number of imide groups is 1. The molecule has 1 aliphatic rings. The van der Waals surface area contributed by atoms with Crippen molar-refractivity contribution >= 4 is 40.1 Å². The zero-order valence-corrected chi connectivity index (χ0v) is 16.3. The third-order valence-corrected chi connectivity index (χ3v) is 5.21. The highest BCUT2D eigenvalue weighted by molar-refractivity contribution is 8.15. The molecule has 1 saturated heterocycles. The maximum atomic E-state index is 13.0. The number of nitrogens with zero attached hydrogens (tertiary/aromatic N) is 2. The Labute approximate surface area is 166 Å². The molecule has 0 bridgehead atoms. The van der Waals surface area contributed by atoms with Crippen LogP contribution >= 0.6 is 11.8 Å². The lowest BCUT2D eigenvalue weighted by Gasteiger charge is -2.16. The van der Waals surface area contributed by atoms with Crippen LogP contribution in [0.5, 0.6) is 5.75 Å². The van der Waals surface area contributed by atoms with Gasteiger partial charge in [-0.3, -0.25) is 14.6 Å². The Hall–Kier alpha value is -2.87. The second kappa shape index (κ2) is 8.88. The number of halogens is 1. The van der Waals surface area contributed by atoms with Crippen molar-refractivity contribution in [3.63, 3.8) is 0 Å². The predicted octanol–water partition coefficient (Wildman–Crippen LogP) is 3.69. The van der Waals surface area contributed by atoms with Gasteiger partial charge >= 0.3 is 0 Å². The number of aliphatic imine (C=N–C) groups is 1. The predicted molar refractivity (Wildman–Crippen MR) is 109 cm³/mol. The smallest absolute Gasteiger partial charge is 0.247 e. The first kappa shape index (κ1) is 19.9. The quantitative estimate of drug-likeness (QED) is 0.470. The van der Waals surface area contributed by atoms with Crippen LogP contribution in [-0.4, -0.2) is 35.9 Å². The van der Waals surface area contributed by atoms with E-state index in [1.165, 1.54) is 28.8 Å². The van der Waals surface area contributed by atoms with E-state index in [1.807, 2.05) is 6.92 Å². The van der Waals surface area contributed by atoms with Gasteiger partial charge in [-0.25, -0.2) is 9.29 Å². The molecule has 1 N–H and O–H groups in total. The van der Waals surface area contributed by atoms with Crippen LogP contribution < -0.4 is 15.0 Å². The first-order valence-corrected chi connectivity index (χ1v) is 9.65. The van der Waals surface area contributed by atoms with Crippen molar-refractivity contribution in [2.24, 2.45) is 4.99 Å². The van der Waals surface area contributed by atoms with Crippen LogP contribution in [0.1, 0.15) is 13.3 Å². The molecule has 1 fully saturated rings. The molecule has 28 heavy (non-hydrogen) atoms. The van der Waals surface area contributed by atoms with Gasteiger partial charge in [0, 0.05) is 25.2 Å². The van der Waals surface area contributed by atoms with Crippen molar-refractivity contribution in [3.8, 4) is 5.75 Å². The van der Waals surface area contributed by atoms with Crippen molar-refractivity contribution in [2.75, 3.05) is 23.9 Å². The summed E-state index contributed by atoms with van der Waals surface area (Å²) < 4.78 is 18.5. The summed E-state index contributed by atoms with van der Waals surface area (Å²) in [6, 6.07) is 12.7. The normalized spacial score (nSPS) is 17.2. The van der Waals surface area contributed by atoms with Gasteiger partial charge in [-0.1, -0.05) is 17.8 Å². The lowest BCUT2D eigenvalue weighted by Crippen LogP contribution is -2.31. The van der Waals surface area contributed by atoms with Crippen LogP contribution in [0.15, 0.2) is 53.5 Å². The molecule has 2 aromatic carbocycles. The number of thioether (sulfide) groups is 1. The van der Waals surface area contributed by atoms with Crippen LogP contribution in [0.4, 0.5) is 15.8 Å². The monoisotopic (exact) mass is 401 g/mol. The highest BCUT2D eigenvalue weighted by atomic mass is 32.2. The number of nitrogens with one attached hydrogen (secondary N) is 1. The summed E-state index contributed by atoms with van der Waals surface area (Å²) in [6.45, 7) is 2.36. The van der Waals surface area contributed by atoms with Crippen LogP contribution in [-0.2, 0) is 9.59 Å². The van der Waals surface area contributed by atoms with E-state index < -0.39 is 5.25 Å². The van der Waals surface area contributed by atoms with E-state index in [-0.39, 0.29) is 24.1 Å². The number of ether oxygens (including phenoxy) is 1. The number of hydrogen-bond acceptors (Lipinski definition) is 5. The number of hydrogen-bond donors (Lipinski definition) is 1. The average molecular weight is 401 g/mol. The Balaban J connectivity index is 1.72. The summed E-state index contributed by atoms with van der Waals surface area (Å²) in [7, 11) is 1.59. The Morgan fingerprint density at radius 2 is 2.04 bits per heavy atom. The van der Waals surface area contributed by atoms with E-state index in [1.54, 1.807) is 43.4 Å². The highest BCUT2D eigenvalue weighted by Crippen LogP contribution is 2.32. The minimum atomic E-state index is -0.588. The summed E-state index contributed by atoms with van der Waals surface area (Å²) >= 11 is 1.18. The summed E-state index contributed by atoms with van der Waals surface area (Å²) in [5.41, 5.74) is 1.14.